The van der Waals surface area contributed by atoms with Gasteiger partial charge in [0, 0.05) is 30.9 Å². The van der Waals surface area contributed by atoms with E-state index in [0.29, 0.717) is 0 Å². The largest absolute Gasteiger partial charge is 0.310 e. The molecule has 1 aromatic heterocycles. The average molecular weight is 244 g/mol. The summed E-state index contributed by atoms with van der Waals surface area (Å²) >= 11 is 0. The first-order valence-corrected chi connectivity index (χ1v) is 6.14. The van der Waals surface area contributed by atoms with Crippen molar-refractivity contribution in [1.29, 1.82) is 0 Å². The molecule has 94 valence electrons. The third-order valence-electron chi connectivity index (χ3n) is 2.93. The Morgan fingerprint density at radius 2 is 1.94 bits per heavy atom. The number of benzene rings is 1. The van der Waals surface area contributed by atoms with E-state index in [1.165, 1.54) is 12.1 Å². The summed E-state index contributed by atoms with van der Waals surface area (Å²) in [5, 5.41) is 3.40. The molecule has 2 rings (SSSR count). The zero-order valence-electron chi connectivity index (χ0n) is 10.4. The van der Waals surface area contributed by atoms with Crippen LogP contribution in [0.5, 0.6) is 0 Å². The lowest BCUT2D eigenvalue weighted by Crippen LogP contribution is -2.21. The van der Waals surface area contributed by atoms with Gasteiger partial charge in [-0.15, -0.1) is 0 Å². The second-order valence-corrected chi connectivity index (χ2v) is 4.30. The van der Waals surface area contributed by atoms with Gasteiger partial charge >= 0.3 is 0 Å². The summed E-state index contributed by atoms with van der Waals surface area (Å²) in [6.07, 6.45) is 2.70. The van der Waals surface area contributed by atoms with Gasteiger partial charge in [-0.25, -0.2) is 4.39 Å². The molecule has 3 heteroatoms. The highest BCUT2D eigenvalue weighted by molar-refractivity contribution is 5.19. The molecule has 0 fully saturated rings. The Morgan fingerprint density at radius 3 is 2.61 bits per heavy atom. The fraction of sp³-hybridized carbons (Fsp3) is 0.267. The quantitative estimate of drug-likeness (QED) is 0.874. The molecular formula is C15H17FN2. The van der Waals surface area contributed by atoms with Crippen molar-refractivity contribution in [2.75, 3.05) is 6.54 Å². The molecule has 0 spiro atoms. The number of aromatic nitrogens is 1. The van der Waals surface area contributed by atoms with Gasteiger partial charge in [-0.1, -0.05) is 18.2 Å². The highest BCUT2D eigenvalue weighted by Gasteiger charge is 2.04. The van der Waals surface area contributed by atoms with Crippen molar-refractivity contribution in [1.82, 2.24) is 10.3 Å². The van der Waals surface area contributed by atoms with Gasteiger partial charge in [-0.3, -0.25) is 4.98 Å². The van der Waals surface area contributed by atoms with E-state index in [1.807, 2.05) is 30.3 Å². The average Bonchev–Trinajstić information content (AvgIpc) is 2.40. The SMILES string of the molecule is CC(NCCc1ccccn1)c1ccc(F)cc1. The van der Waals surface area contributed by atoms with Crippen LogP contribution in [0.3, 0.4) is 0 Å². The van der Waals surface area contributed by atoms with E-state index in [9.17, 15) is 4.39 Å². The van der Waals surface area contributed by atoms with Gasteiger partial charge in [0.2, 0.25) is 0 Å². The fourth-order valence-electron chi connectivity index (χ4n) is 1.83. The molecule has 0 bridgehead atoms. The second-order valence-electron chi connectivity index (χ2n) is 4.30. The highest BCUT2D eigenvalue weighted by atomic mass is 19.1. The van der Waals surface area contributed by atoms with Gasteiger partial charge in [0.1, 0.15) is 5.82 Å². The van der Waals surface area contributed by atoms with Crippen molar-refractivity contribution in [3.63, 3.8) is 0 Å². The molecule has 0 saturated heterocycles. The van der Waals surface area contributed by atoms with Crippen molar-refractivity contribution in [2.45, 2.75) is 19.4 Å². The van der Waals surface area contributed by atoms with Crippen LogP contribution in [0.2, 0.25) is 0 Å². The summed E-state index contributed by atoms with van der Waals surface area (Å²) in [6, 6.07) is 12.8. The zero-order chi connectivity index (χ0) is 12.8. The molecule has 0 amide bonds. The fourth-order valence-corrected chi connectivity index (χ4v) is 1.83. The van der Waals surface area contributed by atoms with Crippen molar-refractivity contribution >= 4 is 0 Å². The van der Waals surface area contributed by atoms with Crippen LogP contribution in [0.4, 0.5) is 4.39 Å². The minimum Gasteiger partial charge on any atom is -0.310 e. The minimum atomic E-state index is -0.195. The monoisotopic (exact) mass is 244 g/mol. The molecule has 1 aromatic carbocycles. The summed E-state index contributed by atoms with van der Waals surface area (Å²) < 4.78 is 12.8. The number of nitrogens with one attached hydrogen (secondary N) is 1. The minimum absolute atomic E-state index is 0.195. The standard InChI is InChI=1S/C15H17FN2/c1-12(13-5-7-14(16)8-6-13)17-11-9-15-4-2-3-10-18-15/h2-8,10,12,17H,9,11H2,1H3. The van der Waals surface area contributed by atoms with Crippen LogP contribution < -0.4 is 5.32 Å². The van der Waals surface area contributed by atoms with Crippen LogP contribution in [0, 0.1) is 5.82 Å². The van der Waals surface area contributed by atoms with E-state index in [0.717, 1.165) is 24.2 Å². The third-order valence-corrected chi connectivity index (χ3v) is 2.93. The van der Waals surface area contributed by atoms with Crippen LogP contribution in [0.1, 0.15) is 24.2 Å². The lowest BCUT2D eigenvalue weighted by molar-refractivity contribution is 0.570. The van der Waals surface area contributed by atoms with E-state index in [4.69, 9.17) is 0 Å². The number of pyridine rings is 1. The Morgan fingerprint density at radius 1 is 1.17 bits per heavy atom. The van der Waals surface area contributed by atoms with Crippen LogP contribution in [0.25, 0.3) is 0 Å². The zero-order valence-corrected chi connectivity index (χ0v) is 10.4. The number of hydrogen-bond donors (Lipinski definition) is 1. The molecule has 1 atom stereocenters. The van der Waals surface area contributed by atoms with Crippen molar-refractivity contribution in [2.24, 2.45) is 0 Å². The van der Waals surface area contributed by atoms with Gasteiger partial charge in [-0.2, -0.15) is 0 Å². The molecular weight excluding hydrogens is 227 g/mol. The molecule has 0 aliphatic rings. The molecule has 0 radical (unpaired) electrons. The maximum atomic E-state index is 12.8. The van der Waals surface area contributed by atoms with Gasteiger partial charge in [-0.05, 0) is 36.8 Å². The van der Waals surface area contributed by atoms with Crippen LogP contribution in [-0.2, 0) is 6.42 Å². The summed E-state index contributed by atoms with van der Waals surface area (Å²) in [4.78, 5) is 4.27. The molecule has 0 aliphatic carbocycles. The molecule has 1 unspecified atom stereocenters. The molecule has 2 aromatic rings. The molecule has 0 aliphatic heterocycles. The molecule has 1 N–H and O–H groups in total. The highest BCUT2D eigenvalue weighted by Crippen LogP contribution is 2.12. The predicted octanol–water partition coefficient (Wildman–Crippen LogP) is 3.11. The lowest BCUT2D eigenvalue weighted by Gasteiger charge is -2.13. The normalized spacial score (nSPS) is 12.3. The van der Waals surface area contributed by atoms with Crippen LogP contribution in [-0.4, -0.2) is 11.5 Å². The van der Waals surface area contributed by atoms with Gasteiger partial charge in [0.25, 0.3) is 0 Å². The van der Waals surface area contributed by atoms with Gasteiger partial charge in [0.15, 0.2) is 0 Å². The smallest absolute Gasteiger partial charge is 0.123 e. The summed E-state index contributed by atoms with van der Waals surface area (Å²) in [7, 11) is 0. The van der Waals surface area contributed by atoms with Gasteiger partial charge in [0.05, 0.1) is 0 Å². The van der Waals surface area contributed by atoms with Crippen LogP contribution in [0.15, 0.2) is 48.7 Å². The van der Waals surface area contributed by atoms with Crippen molar-refractivity contribution in [3.8, 4) is 0 Å². The van der Waals surface area contributed by atoms with E-state index in [1.54, 1.807) is 6.20 Å². The second kappa shape index (κ2) is 6.26. The molecule has 1 heterocycles. The van der Waals surface area contributed by atoms with Gasteiger partial charge < -0.3 is 5.32 Å². The van der Waals surface area contributed by atoms with E-state index in [2.05, 4.69) is 17.2 Å². The summed E-state index contributed by atoms with van der Waals surface area (Å²) in [5.74, 6) is -0.195. The van der Waals surface area contributed by atoms with E-state index >= 15 is 0 Å². The summed E-state index contributed by atoms with van der Waals surface area (Å²) in [5.41, 5.74) is 2.17. The Balaban J connectivity index is 1.81. The van der Waals surface area contributed by atoms with Crippen molar-refractivity contribution in [3.05, 3.63) is 65.7 Å². The molecule has 0 saturated carbocycles. The Labute approximate surface area is 107 Å². The number of hydrogen-bond acceptors (Lipinski definition) is 2. The number of rotatable bonds is 5. The maximum Gasteiger partial charge on any atom is 0.123 e. The van der Waals surface area contributed by atoms with Crippen LogP contribution >= 0.6 is 0 Å². The summed E-state index contributed by atoms with van der Waals surface area (Å²) in [6.45, 7) is 2.93. The number of halogens is 1. The van der Waals surface area contributed by atoms with E-state index in [-0.39, 0.29) is 11.9 Å². The third kappa shape index (κ3) is 3.64. The van der Waals surface area contributed by atoms with Crippen molar-refractivity contribution < 1.29 is 4.39 Å². The Kier molecular flexibility index (Phi) is 4.42. The molecule has 2 nitrogen and oxygen atoms in total. The first kappa shape index (κ1) is 12.7. The Bertz CT molecular complexity index is 468. The topological polar surface area (TPSA) is 24.9 Å². The Hall–Kier alpha value is -1.74. The maximum absolute atomic E-state index is 12.8. The number of nitrogens with zero attached hydrogens (tertiary/aromatic N) is 1. The van der Waals surface area contributed by atoms with E-state index < -0.39 is 0 Å². The predicted molar refractivity (Wildman–Crippen MR) is 70.8 cm³/mol. The molecule has 18 heavy (non-hydrogen) atoms. The first-order valence-electron chi connectivity index (χ1n) is 6.14. The first-order chi connectivity index (χ1) is 8.75. The lowest BCUT2D eigenvalue weighted by atomic mass is 10.1.